The lowest BCUT2D eigenvalue weighted by atomic mass is 10.2. The number of nitrogens with one attached hydrogen (secondary N) is 1. The number of benzene rings is 1. The summed E-state index contributed by atoms with van der Waals surface area (Å²) in [6.45, 7) is 0.710. The molecule has 1 N–H and O–H groups in total. The Kier molecular flexibility index (Phi) is 5.68. The fourth-order valence-electron chi connectivity index (χ4n) is 0.928. The molecular weight excluding hydrogens is 472 g/mol. The first-order chi connectivity index (χ1) is 6.65. The summed E-state index contributed by atoms with van der Waals surface area (Å²) >= 11 is 7.74. The molecule has 0 saturated carbocycles. The number of carbonyl (C=O) groups excluding carboxylic acids is 1. The smallest absolute Gasteiger partial charge is 0.252 e. The molecule has 0 unspecified atom stereocenters. The maximum absolute atomic E-state index is 11.6. The fraction of sp³-hybridized carbons (Fsp3) is 0.222. The second-order valence-corrected chi connectivity index (χ2v) is 5.73. The lowest BCUT2D eigenvalue weighted by Crippen LogP contribution is -2.25. The standard InChI is InChI=1S/C9H8BrI2NO/c10-6-1-2-8(12)7(5-6)9(14)13-4-3-11/h1-2,5H,3-4H2,(H,13,14). The number of alkyl halides is 1. The normalized spacial score (nSPS) is 9.93. The van der Waals surface area contributed by atoms with Gasteiger partial charge in [-0.2, -0.15) is 0 Å². The Morgan fingerprint density at radius 1 is 1.50 bits per heavy atom. The Hall–Kier alpha value is 0.630. The largest absolute Gasteiger partial charge is 0.351 e. The molecule has 1 amide bonds. The molecule has 0 fully saturated rings. The second-order valence-electron chi connectivity index (χ2n) is 2.57. The Morgan fingerprint density at radius 3 is 2.86 bits per heavy atom. The van der Waals surface area contributed by atoms with Crippen molar-refractivity contribution >= 4 is 67.0 Å². The second kappa shape index (κ2) is 6.26. The molecule has 0 atom stereocenters. The van der Waals surface area contributed by atoms with Crippen molar-refractivity contribution in [3.63, 3.8) is 0 Å². The van der Waals surface area contributed by atoms with E-state index in [9.17, 15) is 4.79 Å². The summed E-state index contributed by atoms with van der Waals surface area (Å²) in [5.74, 6) is -0.00707. The highest BCUT2D eigenvalue weighted by Crippen LogP contribution is 2.18. The molecule has 76 valence electrons. The van der Waals surface area contributed by atoms with E-state index in [2.05, 4.69) is 66.4 Å². The van der Waals surface area contributed by atoms with Crippen LogP contribution >= 0.6 is 61.1 Å². The van der Waals surface area contributed by atoms with Crippen molar-refractivity contribution in [2.45, 2.75) is 0 Å². The van der Waals surface area contributed by atoms with Gasteiger partial charge in [-0.15, -0.1) is 0 Å². The third-order valence-electron chi connectivity index (χ3n) is 1.55. The van der Waals surface area contributed by atoms with Crippen molar-refractivity contribution in [2.75, 3.05) is 11.0 Å². The molecule has 0 aromatic heterocycles. The minimum absolute atomic E-state index is 0.00707. The minimum Gasteiger partial charge on any atom is -0.351 e. The molecule has 0 aliphatic rings. The molecule has 1 aromatic carbocycles. The average molecular weight is 480 g/mol. The van der Waals surface area contributed by atoms with Crippen LogP contribution in [0.1, 0.15) is 10.4 Å². The van der Waals surface area contributed by atoms with Gasteiger partial charge in [0.1, 0.15) is 0 Å². The van der Waals surface area contributed by atoms with Crippen LogP contribution in [0.2, 0.25) is 0 Å². The predicted octanol–water partition coefficient (Wildman–Crippen LogP) is 3.22. The van der Waals surface area contributed by atoms with Crippen LogP contribution in [0.5, 0.6) is 0 Å². The number of hydrogen-bond donors (Lipinski definition) is 1. The number of amides is 1. The number of rotatable bonds is 3. The molecule has 1 rings (SSSR count). The number of halogens is 3. The van der Waals surface area contributed by atoms with Crippen LogP contribution in [0.25, 0.3) is 0 Å². The Morgan fingerprint density at radius 2 is 2.21 bits per heavy atom. The zero-order valence-corrected chi connectivity index (χ0v) is 13.1. The van der Waals surface area contributed by atoms with Crippen molar-refractivity contribution in [3.8, 4) is 0 Å². The van der Waals surface area contributed by atoms with E-state index in [1.54, 1.807) is 0 Å². The van der Waals surface area contributed by atoms with Gasteiger partial charge in [0.05, 0.1) is 5.56 Å². The molecule has 0 bridgehead atoms. The monoisotopic (exact) mass is 479 g/mol. The van der Waals surface area contributed by atoms with Gasteiger partial charge in [-0.3, -0.25) is 4.79 Å². The van der Waals surface area contributed by atoms with Gasteiger partial charge < -0.3 is 5.32 Å². The molecule has 0 saturated heterocycles. The zero-order chi connectivity index (χ0) is 10.6. The van der Waals surface area contributed by atoms with Gasteiger partial charge in [0.2, 0.25) is 0 Å². The van der Waals surface area contributed by atoms with Gasteiger partial charge in [0.15, 0.2) is 0 Å². The van der Waals surface area contributed by atoms with Crippen molar-refractivity contribution in [3.05, 3.63) is 31.8 Å². The third kappa shape index (κ3) is 3.65. The van der Waals surface area contributed by atoms with E-state index in [4.69, 9.17) is 0 Å². The van der Waals surface area contributed by atoms with E-state index >= 15 is 0 Å². The summed E-state index contributed by atoms with van der Waals surface area (Å²) < 4.78 is 2.82. The minimum atomic E-state index is -0.00707. The maximum atomic E-state index is 11.6. The summed E-state index contributed by atoms with van der Waals surface area (Å²) in [5, 5.41) is 2.84. The van der Waals surface area contributed by atoms with Crippen LogP contribution in [-0.2, 0) is 0 Å². The van der Waals surface area contributed by atoms with Crippen LogP contribution in [0.4, 0.5) is 0 Å². The molecule has 14 heavy (non-hydrogen) atoms. The highest BCUT2D eigenvalue weighted by Gasteiger charge is 2.09. The Balaban J connectivity index is 2.83. The first kappa shape index (κ1) is 12.7. The lowest BCUT2D eigenvalue weighted by Gasteiger charge is -2.05. The average Bonchev–Trinajstić information content (AvgIpc) is 2.18. The van der Waals surface area contributed by atoms with Crippen molar-refractivity contribution in [2.24, 2.45) is 0 Å². The maximum Gasteiger partial charge on any atom is 0.252 e. The summed E-state index contributed by atoms with van der Waals surface area (Å²) in [7, 11) is 0. The van der Waals surface area contributed by atoms with Crippen LogP contribution < -0.4 is 5.32 Å². The van der Waals surface area contributed by atoms with E-state index in [1.165, 1.54) is 0 Å². The highest BCUT2D eigenvalue weighted by molar-refractivity contribution is 14.1. The molecule has 0 heterocycles. The van der Waals surface area contributed by atoms with Crippen molar-refractivity contribution in [1.82, 2.24) is 5.32 Å². The first-order valence-corrected chi connectivity index (χ1v) is 7.34. The van der Waals surface area contributed by atoms with Gasteiger partial charge in [0.25, 0.3) is 5.91 Å². The predicted molar refractivity (Wildman–Crippen MR) is 78.1 cm³/mol. The van der Waals surface area contributed by atoms with E-state index in [-0.39, 0.29) is 5.91 Å². The summed E-state index contributed by atoms with van der Waals surface area (Å²) in [6.07, 6.45) is 0. The quantitative estimate of drug-likeness (QED) is 0.523. The van der Waals surface area contributed by atoms with E-state index in [1.807, 2.05) is 18.2 Å². The van der Waals surface area contributed by atoms with Crippen LogP contribution in [0.3, 0.4) is 0 Å². The highest BCUT2D eigenvalue weighted by atomic mass is 127. The van der Waals surface area contributed by atoms with Crippen LogP contribution in [0.15, 0.2) is 22.7 Å². The number of hydrogen-bond acceptors (Lipinski definition) is 1. The molecule has 5 heteroatoms. The van der Waals surface area contributed by atoms with Gasteiger partial charge in [-0.05, 0) is 40.8 Å². The first-order valence-electron chi connectivity index (χ1n) is 3.94. The number of carbonyl (C=O) groups is 1. The molecule has 1 aromatic rings. The van der Waals surface area contributed by atoms with Gasteiger partial charge >= 0.3 is 0 Å². The molecule has 2 nitrogen and oxygen atoms in total. The van der Waals surface area contributed by atoms with E-state index < -0.39 is 0 Å². The van der Waals surface area contributed by atoms with Gasteiger partial charge in [-0.1, -0.05) is 38.5 Å². The van der Waals surface area contributed by atoms with Crippen molar-refractivity contribution < 1.29 is 4.79 Å². The Bertz CT molecular complexity index is 344. The van der Waals surface area contributed by atoms with E-state index in [0.717, 1.165) is 18.0 Å². The SMILES string of the molecule is O=C(NCCI)c1cc(Br)ccc1I. The zero-order valence-electron chi connectivity index (χ0n) is 7.19. The van der Waals surface area contributed by atoms with Crippen LogP contribution in [0, 0.1) is 3.57 Å². The van der Waals surface area contributed by atoms with Gasteiger partial charge in [-0.25, -0.2) is 0 Å². The lowest BCUT2D eigenvalue weighted by molar-refractivity contribution is 0.0955. The molecule has 0 radical (unpaired) electrons. The fourth-order valence-corrected chi connectivity index (χ4v) is 2.14. The van der Waals surface area contributed by atoms with Crippen LogP contribution in [-0.4, -0.2) is 16.9 Å². The van der Waals surface area contributed by atoms with Gasteiger partial charge in [0, 0.05) is 19.0 Å². The molecular formula is C9H8BrI2NO. The summed E-state index contributed by atoms with van der Waals surface area (Å²) in [6, 6.07) is 5.69. The topological polar surface area (TPSA) is 29.1 Å². The Labute approximate surface area is 119 Å². The third-order valence-corrected chi connectivity index (χ3v) is 3.53. The van der Waals surface area contributed by atoms with E-state index in [0.29, 0.717) is 6.54 Å². The molecule has 0 spiro atoms. The summed E-state index contributed by atoms with van der Waals surface area (Å²) in [5.41, 5.74) is 0.727. The molecule has 0 aliphatic carbocycles. The summed E-state index contributed by atoms with van der Waals surface area (Å²) in [4.78, 5) is 11.6. The molecule has 0 aliphatic heterocycles. The van der Waals surface area contributed by atoms with Crippen molar-refractivity contribution in [1.29, 1.82) is 0 Å².